The molecule has 0 saturated carbocycles. The molecule has 1 atom stereocenters. The Kier molecular flexibility index (Phi) is 4.08. The van der Waals surface area contributed by atoms with Gasteiger partial charge in [0.1, 0.15) is 5.82 Å². The van der Waals surface area contributed by atoms with E-state index < -0.39 is 0 Å². The molecule has 0 fully saturated rings. The molecule has 0 spiro atoms. The molecule has 3 rings (SSSR count). The highest BCUT2D eigenvalue weighted by atomic mass is 19.1. The molecule has 1 aliphatic rings. The number of carbonyl (C=O) groups excluding carboxylic acids is 1. The van der Waals surface area contributed by atoms with Crippen LogP contribution in [0, 0.1) is 5.82 Å². The second-order valence-electron chi connectivity index (χ2n) is 6.21. The zero-order valence-corrected chi connectivity index (χ0v) is 13.0. The molecule has 0 radical (unpaired) electrons. The lowest BCUT2D eigenvalue weighted by Crippen LogP contribution is -2.17. The first-order valence-corrected chi connectivity index (χ1v) is 7.63. The Bertz CT molecular complexity index is 708. The standard InChI is InChI=1S/C19H20FNO/c1-21(2)10-9-14-11-13-7-8-15(20)12-18(13)19(22)17-6-4-3-5-16(14)17/h3-8,12,14H,9-11H2,1-2H3/t14-/m1/s1. The van der Waals surface area contributed by atoms with Crippen molar-refractivity contribution in [1.29, 1.82) is 0 Å². The number of benzene rings is 2. The van der Waals surface area contributed by atoms with E-state index in [1.165, 1.54) is 12.1 Å². The van der Waals surface area contributed by atoms with Crippen LogP contribution < -0.4 is 0 Å². The number of halogens is 1. The van der Waals surface area contributed by atoms with Crippen molar-refractivity contribution in [2.45, 2.75) is 18.8 Å². The molecule has 0 aromatic heterocycles. The zero-order valence-electron chi connectivity index (χ0n) is 13.0. The Balaban J connectivity index is 2.08. The lowest BCUT2D eigenvalue weighted by molar-refractivity contribution is 0.103. The number of ketones is 1. The van der Waals surface area contributed by atoms with E-state index in [0.717, 1.165) is 36.1 Å². The number of hydrogen-bond acceptors (Lipinski definition) is 2. The van der Waals surface area contributed by atoms with Crippen LogP contribution in [0.2, 0.25) is 0 Å². The van der Waals surface area contributed by atoms with E-state index in [1.54, 1.807) is 6.07 Å². The number of fused-ring (bicyclic) bond motifs is 2. The summed E-state index contributed by atoms with van der Waals surface area (Å²) in [6.07, 6.45) is 1.76. The van der Waals surface area contributed by atoms with Crippen molar-refractivity contribution in [3.63, 3.8) is 0 Å². The van der Waals surface area contributed by atoms with Crippen molar-refractivity contribution in [2.24, 2.45) is 0 Å². The molecular formula is C19H20FNO. The highest BCUT2D eigenvalue weighted by molar-refractivity contribution is 6.11. The minimum Gasteiger partial charge on any atom is -0.309 e. The summed E-state index contributed by atoms with van der Waals surface area (Å²) in [6, 6.07) is 12.3. The second-order valence-corrected chi connectivity index (χ2v) is 6.21. The summed E-state index contributed by atoms with van der Waals surface area (Å²) in [7, 11) is 4.11. The Hall–Kier alpha value is -2.00. The van der Waals surface area contributed by atoms with Crippen LogP contribution in [0.25, 0.3) is 0 Å². The summed E-state index contributed by atoms with van der Waals surface area (Å²) in [6.45, 7) is 0.962. The number of rotatable bonds is 3. The van der Waals surface area contributed by atoms with Gasteiger partial charge in [-0.3, -0.25) is 4.79 Å². The monoisotopic (exact) mass is 297 g/mol. The highest BCUT2D eigenvalue weighted by Crippen LogP contribution is 2.34. The van der Waals surface area contributed by atoms with Gasteiger partial charge in [-0.1, -0.05) is 30.3 Å². The molecule has 1 aliphatic carbocycles. The molecule has 0 N–H and O–H groups in total. The molecule has 0 unspecified atom stereocenters. The van der Waals surface area contributed by atoms with Crippen molar-refractivity contribution in [1.82, 2.24) is 4.90 Å². The first-order chi connectivity index (χ1) is 10.6. The Morgan fingerprint density at radius 1 is 1.14 bits per heavy atom. The molecule has 0 amide bonds. The van der Waals surface area contributed by atoms with Gasteiger partial charge < -0.3 is 4.90 Å². The summed E-state index contributed by atoms with van der Waals surface area (Å²) in [4.78, 5) is 14.9. The van der Waals surface area contributed by atoms with Gasteiger partial charge in [0.15, 0.2) is 5.78 Å². The maximum absolute atomic E-state index is 13.6. The third kappa shape index (κ3) is 2.81. The average Bonchev–Trinajstić information content (AvgIpc) is 2.62. The molecular weight excluding hydrogens is 277 g/mol. The lowest BCUT2D eigenvalue weighted by atomic mass is 9.88. The SMILES string of the molecule is CN(C)CC[C@@H]1Cc2ccc(F)cc2C(=O)c2ccccc21. The van der Waals surface area contributed by atoms with Crippen molar-refractivity contribution >= 4 is 5.78 Å². The number of carbonyl (C=O) groups is 1. The highest BCUT2D eigenvalue weighted by Gasteiger charge is 2.27. The third-order valence-corrected chi connectivity index (χ3v) is 4.35. The Morgan fingerprint density at radius 2 is 1.91 bits per heavy atom. The van der Waals surface area contributed by atoms with Gasteiger partial charge in [0.05, 0.1) is 0 Å². The molecule has 0 heterocycles. The van der Waals surface area contributed by atoms with Crippen molar-refractivity contribution in [2.75, 3.05) is 20.6 Å². The van der Waals surface area contributed by atoms with Crippen LogP contribution >= 0.6 is 0 Å². The smallest absolute Gasteiger partial charge is 0.193 e. The number of nitrogens with zero attached hydrogens (tertiary/aromatic N) is 1. The van der Waals surface area contributed by atoms with Gasteiger partial charge in [0.2, 0.25) is 0 Å². The van der Waals surface area contributed by atoms with E-state index >= 15 is 0 Å². The van der Waals surface area contributed by atoms with E-state index in [1.807, 2.05) is 24.3 Å². The second kappa shape index (κ2) is 6.01. The maximum Gasteiger partial charge on any atom is 0.193 e. The zero-order chi connectivity index (χ0) is 15.7. The van der Waals surface area contributed by atoms with Gasteiger partial charge in [0.25, 0.3) is 0 Å². The summed E-state index contributed by atoms with van der Waals surface area (Å²) in [5, 5.41) is 0. The average molecular weight is 297 g/mol. The summed E-state index contributed by atoms with van der Waals surface area (Å²) < 4.78 is 13.6. The van der Waals surface area contributed by atoms with Gasteiger partial charge in [0, 0.05) is 11.1 Å². The van der Waals surface area contributed by atoms with Gasteiger partial charge in [-0.05, 0) is 62.7 Å². The third-order valence-electron chi connectivity index (χ3n) is 4.35. The fraction of sp³-hybridized carbons (Fsp3) is 0.316. The summed E-state index contributed by atoms with van der Waals surface area (Å²) in [5.74, 6) is -0.122. The molecule has 2 aromatic rings. The van der Waals surface area contributed by atoms with Crippen molar-refractivity contribution in [3.8, 4) is 0 Å². The predicted molar refractivity (Wildman–Crippen MR) is 85.9 cm³/mol. The Morgan fingerprint density at radius 3 is 2.68 bits per heavy atom. The van der Waals surface area contributed by atoms with Gasteiger partial charge in [-0.15, -0.1) is 0 Å². The molecule has 2 aromatic carbocycles. The van der Waals surface area contributed by atoms with Crippen LogP contribution in [0.3, 0.4) is 0 Å². The van der Waals surface area contributed by atoms with Crippen LogP contribution in [0.1, 0.15) is 39.4 Å². The van der Waals surface area contributed by atoms with Crippen LogP contribution in [0.4, 0.5) is 4.39 Å². The molecule has 3 heteroatoms. The van der Waals surface area contributed by atoms with E-state index in [0.29, 0.717) is 5.56 Å². The fourth-order valence-corrected chi connectivity index (χ4v) is 3.19. The van der Waals surface area contributed by atoms with Crippen molar-refractivity contribution < 1.29 is 9.18 Å². The lowest BCUT2D eigenvalue weighted by Gasteiger charge is -2.19. The van der Waals surface area contributed by atoms with E-state index in [2.05, 4.69) is 19.0 Å². The maximum atomic E-state index is 13.6. The largest absolute Gasteiger partial charge is 0.309 e. The van der Waals surface area contributed by atoms with E-state index in [4.69, 9.17) is 0 Å². The topological polar surface area (TPSA) is 20.3 Å². The molecule has 0 aliphatic heterocycles. The van der Waals surface area contributed by atoms with Crippen LogP contribution in [-0.2, 0) is 6.42 Å². The normalized spacial score (nSPS) is 17.1. The van der Waals surface area contributed by atoms with Crippen LogP contribution in [-0.4, -0.2) is 31.3 Å². The quantitative estimate of drug-likeness (QED) is 0.862. The molecule has 114 valence electrons. The first kappa shape index (κ1) is 14.9. The van der Waals surface area contributed by atoms with Gasteiger partial charge >= 0.3 is 0 Å². The molecule has 2 nitrogen and oxygen atoms in total. The summed E-state index contributed by atoms with van der Waals surface area (Å²) in [5.41, 5.74) is 3.27. The summed E-state index contributed by atoms with van der Waals surface area (Å²) >= 11 is 0. The van der Waals surface area contributed by atoms with E-state index in [-0.39, 0.29) is 17.5 Å². The fourth-order valence-electron chi connectivity index (χ4n) is 3.19. The predicted octanol–water partition coefficient (Wildman–Crippen LogP) is 3.65. The minimum absolute atomic E-state index is 0.0579. The van der Waals surface area contributed by atoms with Crippen LogP contribution in [0.5, 0.6) is 0 Å². The minimum atomic E-state index is -0.351. The van der Waals surface area contributed by atoms with Crippen LogP contribution in [0.15, 0.2) is 42.5 Å². The van der Waals surface area contributed by atoms with Crippen molar-refractivity contribution in [3.05, 3.63) is 70.5 Å². The molecule has 0 bridgehead atoms. The molecule has 0 saturated heterocycles. The number of hydrogen-bond donors (Lipinski definition) is 0. The molecule has 22 heavy (non-hydrogen) atoms. The first-order valence-electron chi connectivity index (χ1n) is 7.63. The van der Waals surface area contributed by atoms with E-state index in [9.17, 15) is 9.18 Å². The Labute approximate surface area is 130 Å². The van der Waals surface area contributed by atoms with Gasteiger partial charge in [-0.25, -0.2) is 4.39 Å². The van der Waals surface area contributed by atoms with Gasteiger partial charge in [-0.2, -0.15) is 0 Å².